The molecule has 3 aromatic rings. The number of fused-ring (bicyclic) bond motifs is 3. The quantitative estimate of drug-likeness (QED) is 0.499. The second kappa shape index (κ2) is 7.55. The first kappa shape index (κ1) is 18.4. The Morgan fingerprint density at radius 1 is 1.29 bits per heavy atom. The van der Waals surface area contributed by atoms with Crippen molar-refractivity contribution >= 4 is 23.4 Å². The second-order valence-corrected chi connectivity index (χ2v) is 7.16. The number of rotatable bonds is 4. The summed E-state index contributed by atoms with van der Waals surface area (Å²) in [5, 5.41) is 17.8. The number of thioether (sulfide) groups is 1. The number of hydrogen-bond donors (Lipinski definition) is 0. The van der Waals surface area contributed by atoms with Gasteiger partial charge in [0, 0.05) is 23.9 Å². The van der Waals surface area contributed by atoms with E-state index in [1.165, 1.54) is 11.8 Å². The van der Waals surface area contributed by atoms with Crippen molar-refractivity contribution in [3.8, 4) is 17.1 Å². The van der Waals surface area contributed by atoms with Crippen molar-refractivity contribution in [3.63, 3.8) is 0 Å². The van der Waals surface area contributed by atoms with Crippen molar-refractivity contribution < 1.29 is 14.6 Å². The molecule has 1 unspecified atom stereocenters. The van der Waals surface area contributed by atoms with Crippen LogP contribution in [0.4, 0.5) is 5.69 Å². The van der Waals surface area contributed by atoms with Crippen molar-refractivity contribution in [2.75, 3.05) is 11.2 Å². The highest BCUT2D eigenvalue weighted by atomic mass is 32.2. The Morgan fingerprint density at radius 2 is 2.11 bits per heavy atom. The fourth-order valence-corrected chi connectivity index (χ4v) is 3.80. The zero-order valence-corrected chi connectivity index (χ0v) is 16.4. The van der Waals surface area contributed by atoms with E-state index in [0.717, 1.165) is 12.0 Å². The molecule has 7 nitrogen and oxygen atoms in total. The van der Waals surface area contributed by atoms with Gasteiger partial charge >= 0.3 is 0 Å². The van der Waals surface area contributed by atoms with E-state index in [1.807, 2.05) is 49.6 Å². The molecule has 0 spiro atoms. The van der Waals surface area contributed by atoms with Gasteiger partial charge in [-0.3, -0.25) is 9.78 Å². The summed E-state index contributed by atoms with van der Waals surface area (Å²) < 4.78 is 1.62. The molecule has 1 aliphatic rings. The summed E-state index contributed by atoms with van der Waals surface area (Å²) in [6, 6.07) is 11.1. The van der Waals surface area contributed by atoms with Crippen LogP contribution in [0.25, 0.3) is 11.3 Å². The Kier molecular flexibility index (Phi) is 4.95. The first-order chi connectivity index (χ1) is 13.7. The molecule has 1 atom stereocenters. The lowest BCUT2D eigenvalue weighted by atomic mass is 10.0. The van der Waals surface area contributed by atoms with E-state index in [1.54, 1.807) is 22.0 Å². The highest BCUT2D eigenvalue weighted by Gasteiger charge is 2.44. The molecule has 0 bridgehead atoms. The lowest BCUT2D eigenvalue weighted by Crippen LogP contribution is -2.59. The van der Waals surface area contributed by atoms with Gasteiger partial charge in [0.05, 0.1) is 22.7 Å². The van der Waals surface area contributed by atoms with Crippen molar-refractivity contribution in [2.45, 2.75) is 31.1 Å². The topological polar surface area (TPSA) is 85.9 Å². The summed E-state index contributed by atoms with van der Waals surface area (Å²) >= 11 is 1.29. The minimum Gasteiger partial charge on any atom is -0.854 e. The first-order valence-corrected chi connectivity index (χ1v) is 10.2. The monoisotopic (exact) mass is 393 g/mol. The maximum absolute atomic E-state index is 13.2. The number of amides is 1. The number of nitrogens with zero attached hydrogens (tertiary/aromatic N) is 5. The molecule has 0 N–H and O–H groups in total. The third kappa shape index (κ3) is 2.99. The van der Waals surface area contributed by atoms with Crippen LogP contribution in [0.1, 0.15) is 31.5 Å². The molecular formula is C20H19N5O2S. The van der Waals surface area contributed by atoms with Gasteiger partial charge in [0.25, 0.3) is 17.0 Å². The van der Waals surface area contributed by atoms with Crippen molar-refractivity contribution in [1.29, 1.82) is 0 Å². The van der Waals surface area contributed by atoms with Gasteiger partial charge in [-0.25, -0.2) is 9.88 Å². The van der Waals surface area contributed by atoms with Crippen LogP contribution in [-0.4, -0.2) is 27.2 Å². The molecule has 1 aliphatic heterocycles. The number of para-hydroxylation sites is 1. The average Bonchev–Trinajstić information content (AvgIpc) is 2.73. The minimum absolute atomic E-state index is 0.0290. The van der Waals surface area contributed by atoms with E-state index < -0.39 is 6.17 Å². The van der Waals surface area contributed by atoms with Gasteiger partial charge in [-0.2, -0.15) is 0 Å². The van der Waals surface area contributed by atoms with Gasteiger partial charge in [0.1, 0.15) is 0 Å². The van der Waals surface area contributed by atoms with Crippen molar-refractivity contribution in [1.82, 2.24) is 15.1 Å². The maximum Gasteiger partial charge on any atom is 0.294 e. The molecule has 142 valence electrons. The maximum atomic E-state index is 13.2. The third-order valence-electron chi connectivity index (χ3n) is 4.61. The smallest absolute Gasteiger partial charge is 0.294 e. The zero-order chi connectivity index (χ0) is 19.7. The van der Waals surface area contributed by atoms with E-state index in [-0.39, 0.29) is 11.8 Å². The van der Waals surface area contributed by atoms with E-state index in [0.29, 0.717) is 28.5 Å². The summed E-state index contributed by atoms with van der Waals surface area (Å²) in [6.07, 6.45) is 5.72. The minimum atomic E-state index is -0.598. The molecule has 2 aromatic heterocycles. The Bertz CT molecular complexity index is 1030. The molecule has 0 aliphatic carbocycles. The summed E-state index contributed by atoms with van der Waals surface area (Å²) in [5.74, 6) is -0.387. The predicted octanol–water partition coefficient (Wildman–Crippen LogP) is 2.32. The fraction of sp³-hybridized carbons (Fsp3) is 0.250. The van der Waals surface area contributed by atoms with E-state index in [4.69, 9.17) is 0 Å². The van der Waals surface area contributed by atoms with Gasteiger partial charge in [-0.1, -0.05) is 35.5 Å². The molecule has 4 rings (SSSR count). The molecule has 8 heteroatoms. The van der Waals surface area contributed by atoms with Crippen LogP contribution in [0.5, 0.6) is 5.88 Å². The van der Waals surface area contributed by atoms with Gasteiger partial charge in [-0.05, 0) is 36.9 Å². The van der Waals surface area contributed by atoms with Crippen LogP contribution in [0.3, 0.4) is 0 Å². The Labute approximate surface area is 167 Å². The number of anilines is 1. The molecule has 1 aromatic carbocycles. The second-order valence-electron chi connectivity index (χ2n) is 6.39. The molecule has 1 amide bonds. The normalized spacial score (nSPS) is 15.1. The van der Waals surface area contributed by atoms with E-state index in [9.17, 15) is 9.90 Å². The van der Waals surface area contributed by atoms with Crippen LogP contribution in [0.2, 0.25) is 0 Å². The number of aromatic nitrogens is 4. The van der Waals surface area contributed by atoms with Crippen LogP contribution < -0.4 is 14.7 Å². The Hall–Kier alpha value is -3.00. The third-order valence-corrected chi connectivity index (χ3v) is 5.15. The molecular weight excluding hydrogens is 374 g/mol. The van der Waals surface area contributed by atoms with Gasteiger partial charge in [0.2, 0.25) is 5.91 Å². The SMILES string of the molecule is CCCC(=O)N1c2ccccc2-c2c([O-])nc(SC)n[n+]2C1c1cccnc1. The average molecular weight is 393 g/mol. The molecule has 0 fully saturated rings. The largest absolute Gasteiger partial charge is 0.854 e. The summed E-state index contributed by atoms with van der Waals surface area (Å²) in [7, 11) is 0. The van der Waals surface area contributed by atoms with Gasteiger partial charge < -0.3 is 5.11 Å². The zero-order valence-electron chi connectivity index (χ0n) is 15.6. The molecule has 0 saturated carbocycles. The summed E-state index contributed by atoms with van der Waals surface area (Å²) in [6.45, 7) is 1.97. The Balaban J connectivity index is 2.04. The number of benzene rings is 1. The lowest BCUT2D eigenvalue weighted by Gasteiger charge is -2.33. The molecule has 0 radical (unpaired) electrons. The van der Waals surface area contributed by atoms with Crippen molar-refractivity contribution in [3.05, 3.63) is 54.4 Å². The number of hydrogen-bond acceptors (Lipinski definition) is 6. The van der Waals surface area contributed by atoms with E-state index >= 15 is 0 Å². The first-order valence-electron chi connectivity index (χ1n) is 9.02. The van der Waals surface area contributed by atoms with Crippen LogP contribution in [0, 0.1) is 0 Å². The molecule has 0 saturated heterocycles. The predicted molar refractivity (Wildman–Crippen MR) is 104 cm³/mol. The van der Waals surface area contributed by atoms with Crippen LogP contribution >= 0.6 is 11.8 Å². The summed E-state index contributed by atoms with van der Waals surface area (Å²) in [5.41, 5.74) is 2.50. The highest BCUT2D eigenvalue weighted by Crippen LogP contribution is 2.40. The Morgan fingerprint density at radius 3 is 2.82 bits per heavy atom. The van der Waals surface area contributed by atoms with E-state index in [2.05, 4.69) is 15.1 Å². The number of carbonyl (C=O) groups is 1. The number of carbonyl (C=O) groups excluding carboxylic acids is 1. The fourth-order valence-electron chi connectivity index (χ4n) is 3.45. The highest BCUT2D eigenvalue weighted by molar-refractivity contribution is 7.98. The van der Waals surface area contributed by atoms with Gasteiger partial charge in [0.15, 0.2) is 0 Å². The molecule has 28 heavy (non-hydrogen) atoms. The van der Waals surface area contributed by atoms with Gasteiger partial charge in [-0.15, -0.1) is 0 Å². The van der Waals surface area contributed by atoms with Crippen molar-refractivity contribution in [2.24, 2.45) is 0 Å². The lowest BCUT2D eigenvalue weighted by molar-refractivity contribution is -0.764. The van der Waals surface area contributed by atoms with Crippen LogP contribution in [0.15, 0.2) is 53.9 Å². The standard InChI is InChI=1S/C20H19N5O2S/c1-3-7-16(26)24-15-10-5-4-9-14(15)17-18(27)22-20(28-2)23-25(17)19(24)13-8-6-11-21-12-13/h4-6,8-12,19H,3,7H2,1-2H3. The van der Waals surface area contributed by atoms with Crippen LogP contribution in [-0.2, 0) is 4.79 Å². The summed E-state index contributed by atoms with van der Waals surface area (Å²) in [4.78, 5) is 23.2. The molecule has 3 heterocycles. The number of pyridine rings is 1.